The molecule has 0 aliphatic carbocycles. The van der Waals surface area contributed by atoms with Gasteiger partial charge in [-0.05, 0) is 36.3 Å². The molecule has 0 bridgehead atoms. The van der Waals surface area contributed by atoms with Gasteiger partial charge >= 0.3 is 0 Å². The molecule has 0 fully saturated rings. The molecule has 1 aromatic carbocycles. The van der Waals surface area contributed by atoms with E-state index in [9.17, 15) is 9.59 Å². The van der Waals surface area contributed by atoms with Crippen molar-refractivity contribution in [2.45, 2.75) is 43.4 Å². The van der Waals surface area contributed by atoms with E-state index >= 15 is 0 Å². The molecule has 5 heteroatoms. The number of carbonyl (C=O) groups excluding carboxylic acids is 2. The highest BCUT2D eigenvalue weighted by molar-refractivity contribution is 7.99. The first kappa shape index (κ1) is 16.6. The first-order chi connectivity index (χ1) is 9.54. The van der Waals surface area contributed by atoms with Gasteiger partial charge in [0, 0.05) is 11.3 Å². The Morgan fingerprint density at radius 2 is 2.05 bits per heavy atom. The minimum absolute atomic E-state index is 0.167. The summed E-state index contributed by atoms with van der Waals surface area (Å²) < 4.78 is 0. The molecule has 0 heterocycles. The van der Waals surface area contributed by atoms with E-state index in [0.717, 1.165) is 29.1 Å². The average molecular weight is 294 g/mol. The van der Waals surface area contributed by atoms with Crippen molar-refractivity contribution < 1.29 is 9.59 Å². The number of rotatable bonds is 9. The van der Waals surface area contributed by atoms with Gasteiger partial charge in [-0.1, -0.05) is 25.5 Å². The number of amides is 2. The van der Waals surface area contributed by atoms with Gasteiger partial charge in [0.1, 0.15) is 0 Å². The predicted octanol–water partition coefficient (Wildman–Crippen LogP) is 2.41. The zero-order chi connectivity index (χ0) is 15.0. The minimum atomic E-state index is -0.450. The highest BCUT2D eigenvalue weighted by atomic mass is 32.2. The van der Waals surface area contributed by atoms with E-state index in [-0.39, 0.29) is 6.42 Å². The average Bonchev–Trinajstić information content (AvgIpc) is 2.39. The lowest BCUT2D eigenvalue weighted by Gasteiger charge is -2.14. The molecule has 0 spiro atoms. The monoisotopic (exact) mass is 294 g/mol. The fourth-order valence-corrected chi connectivity index (χ4v) is 2.98. The van der Waals surface area contributed by atoms with Gasteiger partial charge in [-0.25, -0.2) is 0 Å². The second kappa shape index (κ2) is 8.64. The third-order valence-corrected chi connectivity index (χ3v) is 4.13. The van der Waals surface area contributed by atoms with Crippen molar-refractivity contribution in [3.63, 3.8) is 0 Å². The zero-order valence-electron chi connectivity index (χ0n) is 11.8. The van der Waals surface area contributed by atoms with Crippen molar-refractivity contribution in [2.24, 2.45) is 11.5 Å². The van der Waals surface area contributed by atoms with E-state index in [1.807, 2.05) is 24.3 Å². The van der Waals surface area contributed by atoms with Gasteiger partial charge in [-0.3, -0.25) is 9.59 Å². The summed E-state index contributed by atoms with van der Waals surface area (Å²) in [5.74, 6) is -0.219. The van der Waals surface area contributed by atoms with Crippen LogP contribution in [0.2, 0.25) is 0 Å². The van der Waals surface area contributed by atoms with Crippen LogP contribution in [0.25, 0.3) is 0 Å². The molecule has 0 radical (unpaired) electrons. The number of hydrogen-bond acceptors (Lipinski definition) is 3. The Hall–Kier alpha value is -1.49. The SMILES string of the molecule is CCCCSc1cccc(C(CCC(N)=O)C(N)=O)c1. The van der Waals surface area contributed by atoms with E-state index in [0.29, 0.717) is 6.42 Å². The van der Waals surface area contributed by atoms with Gasteiger partial charge in [0.05, 0.1) is 5.92 Å². The fraction of sp³-hybridized carbons (Fsp3) is 0.467. The molecule has 1 rings (SSSR count). The third kappa shape index (κ3) is 5.65. The van der Waals surface area contributed by atoms with Crippen LogP contribution in [0.15, 0.2) is 29.2 Å². The normalized spacial score (nSPS) is 12.1. The molecule has 0 aliphatic rings. The van der Waals surface area contributed by atoms with Crippen molar-refractivity contribution in [1.82, 2.24) is 0 Å². The second-order valence-corrected chi connectivity index (χ2v) is 5.90. The number of primary amides is 2. The zero-order valence-corrected chi connectivity index (χ0v) is 12.6. The van der Waals surface area contributed by atoms with Crippen molar-refractivity contribution in [2.75, 3.05) is 5.75 Å². The molecule has 0 saturated carbocycles. The summed E-state index contributed by atoms with van der Waals surface area (Å²) in [5.41, 5.74) is 11.4. The van der Waals surface area contributed by atoms with Crippen molar-refractivity contribution >= 4 is 23.6 Å². The topological polar surface area (TPSA) is 86.2 Å². The van der Waals surface area contributed by atoms with Gasteiger partial charge in [-0.15, -0.1) is 11.8 Å². The first-order valence-electron chi connectivity index (χ1n) is 6.85. The molecule has 20 heavy (non-hydrogen) atoms. The molecule has 0 aliphatic heterocycles. The molecule has 1 atom stereocenters. The van der Waals surface area contributed by atoms with Crippen LogP contribution in [-0.4, -0.2) is 17.6 Å². The Labute approximate surface area is 124 Å². The lowest BCUT2D eigenvalue weighted by molar-refractivity contribution is -0.120. The lowest BCUT2D eigenvalue weighted by atomic mass is 9.93. The van der Waals surface area contributed by atoms with Gasteiger partial charge in [0.2, 0.25) is 11.8 Å². The maximum Gasteiger partial charge on any atom is 0.224 e. The second-order valence-electron chi connectivity index (χ2n) is 4.73. The molecule has 0 saturated heterocycles. The summed E-state index contributed by atoms with van der Waals surface area (Å²) in [4.78, 5) is 23.5. The maximum atomic E-state index is 11.5. The maximum absolute atomic E-state index is 11.5. The van der Waals surface area contributed by atoms with Crippen LogP contribution in [0.1, 0.15) is 44.1 Å². The minimum Gasteiger partial charge on any atom is -0.370 e. The summed E-state index contributed by atoms with van der Waals surface area (Å²) in [7, 11) is 0. The van der Waals surface area contributed by atoms with Gasteiger partial charge < -0.3 is 11.5 Å². The molecule has 0 aromatic heterocycles. The Kier molecular flexibility index (Phi) is 7.15. The predicted molar refractivity (Wildman–Crippen MR) is 82.4 cm³/mol. The molecule has 1 aromatic rings. The standard InChI is InChI=1S/C15H22N2O2S/c1-2-3-9-20-12-6-4-5-11(10-12)13(15(17)19)7-8-14(16)18/h4-6,10,13H,2-3,7-9H2,1H3,(H2,16,18)(H2,17,19). The third-order valence-electron chi connectivity index (χ3n) is 3.05. The van der Waals surface area contributed by atoms with Crippen LogP contribution in [0.4, 0.5) is 0 Å². The Balaban J connectivity index is 2.77. The summed E-state index contributed by atoms with van der Waals surface area (Å²) >= 11 is 1.77. The molecule has 110 valence electrons. The number of carbonyl (C=O) groups is 2. The quantitative estimate of drug-likeness (QED) is 0.541. The van der Waals surface area contributed by atoms with Crippen molar-refractivity contribution in [1.29, 1.82) is 0 Å². The Bertz CT molecular complexity index is 463. The molecule has 4 nitrogen and oxygen atoms in total. The number of benzene rings is 1. The smallest absolute Gasteiger partial charge is 0.224 e. The van der Waals surface area contributed by atoms with Crippen molar-refractivity contribution in [3.05, 3.63) is 29.8 Å². The van der Waals surface area contributed by atoms with Crippen LogP contribution in [0, 0.1) is 0 Å². The van der Waals surface area contributed by atoms with E-state index < -0.39 is 17.7 Å². The number of hydrogen-bond donors (Lipinski definition) is 2. The highest BCUT2D eigenvalue weighted by Crippen LogP contribution is 2.26. The van der Waals surface area contributed by atoms with E-state index in [2.05, 4.69) is 6.92 Å². The van der Waals surface area contributed by atoms with Crippen LogP contribution >= 0.6 is 11.8 Å². The Morgan fingerprint density at radius 1 is 1.30 bits per heavy atom. The van der Waals surface area contributed by atoms with E-state index in [4.69, 9.17) is 11.5 Å². The van der Waals surface area contributed by atoms with Crippen molar-refractivity contribution in [3.8, 4) is 0 Å². The Morgan fingerprint density at radius 3 is 2.65 bits per heavy atom. The molecule has 1 unspecified atom stereocenters. The van der Waals surface area contributed by atoms with E-state index in [1.54, 1.807) is 11.8 Å². The number of nitrogens with two attached hydrogens (primary N) is 2. The summed E-state index contributed by atoms with van der Waals surface area (Å²) in [6.07, 6.45) is 2.86. The first-order valence-corrected chi connectivity index (χ1v) is 7.83. The van der Waals surface area contributed by atoms with Crippen LogP contribution in [-0.2, 0) is 9.59 Å². The largest absolute Gasteiger partial charge is 0.370 e. The van der Waals surface area contributed by atoms with Gasteiger partial charge in [0.25, 0.3) is 0 Å². The summed E-state index contributed by atoms with van der Waals surface area (Å²) in [5, 5.41) is 0. The van der Waals surface area contributed by atoms with E-state index in [1.165, 1.54) is 0 Å². The number of thioether (sulfide) groups is 1. The molecule has 2 amide bonds. The van der Waals surface area contributed by atoms with Crippen LogP contribution < -0.4 is 11.5 Å². The van der Waals surface area contributed by atoms with Crippen LogP contribution in [0.5, 0.6) is 0 Å². The lowest BCUT2D eigenvalue weighted by Crippen LogP contribution is -2.23. The summed E-state index contributed by atoms with van der Waals surface area (Å²) in [6, 6.07) is 7.80. The number of unbranched alkanes of at least 4 members (excludes halogenated alkanes) is 1. The highest BCUT2D eigenvalue weighted by Gasteiger charge is 2.18. The fourth-order valence-electron chi connectivity index (χ4n) is 1.92. The molecule has 4 N–H and O–H groups in total. The van der Waals surface area contributed by atoms with Crippen LogP contribution in [0.3, 0.4) is 0 Å². The van der Waals surface area contributed by atoms with Gasteiger partial charge in [-0.2, -0.15) is 0 Å². The molecular weight excluding hydrogens is 272 g/mol. The summed E-state index contributed by atoms with van der Waals surface area (Å²) in [6.45, 7) is 2.16. The van der Waals surface area contributed by atoms with Gasteiger partial charge in [0.15, 0.2) is 0 Å². The molecular formula is C15H22N2O2S.